The molecule has 0 aromatic heterocycles. The molecule has 1 rings (SSSR count). The predicted octanol–water partition coefficient (Wildman–Crippen LogP) is 2.53. The van der Waals surface area contributed by atoms with E-state index in [1.165, 1.54) is 18.2 Å². The van der Waals surface area contributed by atoms with E-state index < -0.39 is 30.5 Å². The molecule has 20 heavy (non-hydrogen) atoms. The summed E-state index contributed by atoms with van der Waals surface area (Å²) in [6.45, 7) is -0.948. The Balaban J connectivity index is 2.54. The molecule has 0 fully saturated rings. The summed E-state index contributed by atoms with van der Waals surface area (Å²) >= 11 is 5.51. The standard InChI is InChI=1S/C12H10ClF4NO2/c13-8-5-7(1-3-9(8)14)2-4-11(20)18-6-10(19)12(15,16)17/h1-5,10,19H,6H2,(H,18,20)/b4-2+. The van der Waals surface area contributed by atoms with E-state index in [9.17, 15) is 22.4 Å². The molecule has 2 N–H and O–H groups in total. The number of hydrogen-bond donors (Lipinski definition) is 2. The van der Waals surface area contributed by atoms with Crippen molar-refractivity contribution in [3.63, 3.8) is 0 Å². The number of carbonyl (C=O) groups is 1. The normalized spacial score (nSPS) is 13.5. The molecule has 1 aromatic carbocycles. The zero-order chi connectivity index (χ0) is 15.3. The summed E-state index contributed by atoms with van der Waals surface area (Å²) in [5.74, 6) is -1.45. The molecular formula is C12H10ClF4NO2. The lowest BCUT2D eigenvalue weighted by molar-refractivity contribution is -0.201. The number of nitrogens with one attached hydrogen (secondary N) is 1. The lowest BCUT2D eigenvalue weighted by Crippen LogP contribution is -2.40. The number of hydrogen-bond acceptors (Lipinski definition) is 2. The second-order valence-electron chi connectivity index (χ2n) is 3.81. The summed E-state index contributed by atoms with van der Waals surface area (Å²) in [6.07, 6.45) is -5.21. The fourth-order valence-corrected chi connectivity index (χ4v) is 1.35. The molecule has 0 aliphatic rings. The molecule has 0 bridgehead atoms. The Kier molecular flexibility index (Phi) is 5.52. The van der Waals surface area contributed by atoms with Gasteiger partial charge in [-0.3, -0.25) is 4.79 Å². The number of carbonyl (C=O) groups excluding carboxylic acids is 1. The molecule has 1 aromatic rings. The van der Waals surface area contributed by atoms with Crippen LogP contribution in [-0.2, 0) is 4.79 Å². The van der Waals surface area contributed by atoms with Gasteiger partial charge in [-0.1, -0.05) is 17.7 Å². The van der Waals surface area contributed by atoms with Crippen molar-refractivity contribution in [2.45, 2.75) is 12.3 Å². The molecule has 0 heterocycles. The molecule has 1 amide bonds. The molecular weight excluding hydrogens is 302 g/mol. The Bertz CT molecular complexity index is 517. The van der Waals surface area contributed by atoms with Crippen LogP contribution in [0.15, 0.2) is 24.3 Å². The summed E-state index contributed by atoms with van der Waals surface area (Å²) in [6, 6.07) is 3.69. The van der Waals surface area contributed by atoms with Gasteiger partial charge >= 0.3 is 6.18 Å². The summed E-state index contributed by atoms with van der Waals surface area (Å²) in [5.41, 5.74) is 0.405. The average molecular weight is 312 g/mol. The minimum atomic E-state index is -4.79. The average Bonchev–Trinajstić information content (AvgIpc) is 2.36. The Morgan fingerprint density at radius 2 is 2.10 bits per heavy atom. The fourth-order valence-electron chi connectivity index (χ4n) is 1.16. The van der Waals surface area contributed by atoms with Crippen molar-refractivity contribution in [1.82, 2.24) is 5.32 Å². The Labute approximate surface area is 116 Å². The molecule has 0 saturated heterocycles. The quantitative estimate of drug-likeness (QED) is 0.663. The van der Waals surface area contributed by atoms with Gasteiger partial charge in [-0.25, -0.2) is 4.39 Å². The predicted molar refractivity (Wildman–Crippen MR) is 65.5 cm³/mol. The fraction of sp³-hybridized carbons (Fsp3) is 0.250. The van der Waals surface area contributed by atoms with E-state index in [0.29, 0.717) is 5.56 Å². The van der Waals surface area contributed by atoms with Crippen LogP contribution in [0.3, 0.4) is 0 Å². The monoisotopic (exact) mass is 311 g/mol. The number of aliphatic hydroxyl groups excluding tert-OH is 1. The molecule has 110 valence electrons. The van der Waals surface area contributed by atoms with Crippen molar-refractivity contribution in [2.75, 3.05) is 6.54 Å². The lowest BCUT2D eigenvalue weighted by atomic mass is 10.2. The highest BCUT2D eigenvalue weighted by Crippen LogP contribution is 2.19. The van der Waals surface area contributed by atoms with Gasteiger partial charge in [-0.2, -0.15) is 13.2 Å². The van der Waals surface area contributed by atoms with Crippen LogP contribution in [0.4, 0.5) is 17.6 Å². The minimum Gasteiger partial charge on any atom is -0.382 e. The van der Waals surface area contributed by atoms with E-state index in [1.807, 2.05) is 5.32 Å². The van der Waals surface area contributed by atoms with Crippen LogP contribution in [0.5, 0.6) is 0 Å². The first kappa shape index (κ1) is 16.5. The SMILES string of the molecule is O=C(/C=C/c1ccc(F)c(Cl)c1)NCC(O)C(F)(F)F. The third kappa shape index (κ3) is 5.18. The highest BCUT2D eigenvalue weighted by Gasteiger charge is 2.37. The number of rotatable bonds is 4. The van der Waals surface area contributed by atoms with Gasteiger partial charge in [0.2, 0.25) is 5.91 Å². The van der Waals surface area contributed by atoms with Gasteiger partial charge in [-0.15, -0.1) is 0 Å². The maximum Gasteiger partial charge on any atom is 0.416 e. The Morgan fingerprint density at radius 1 is 1.45 bits per heavy atom. The second kappa shape index (κ2) is 6.71. The van der Waals surface area contributed by atoms with Crippen molar-refractivity contribution < 1.29 is 27.5 Å². The molecule has 0 aliphatic carbocycles. The van der Waals surface area contributed by atoms with E-state index in [-0.39, 0.29) is 5.02 Å². The zero-order valence-electron chi connectivity index (χ0n) is 9.92. The molecule has 8 heteroatoms. The topological polar surface area (TPSA) is 49.3 Å². The number of amides is 1. The molecule has 0 radical (unpaired) electrons. The largest absolute Gasteiger partial charge is 0.416 e. The van der Waals surface area contributed by atoms with Gasteiger partial charge in [0.1, 0.15) is 5.82 Å². The zero-order valence-corrected chi connectivity index (χ0v) is 10.7. The van der Waals surface area contributed by atoms with E-state index in [2.05, 4.69) is 0 Å². The summed E-state index contributed by atoms with van der Waals surface area (Å²) in [4.78, 5) is 11.2. The Morgan fingerprint density at radius 3 is 2.65 bits per heavy atom. The number of halogens is 5. The van der Waals surface area contributed by atoms with Crippen LogP contribution in [0.1, 0.15) is 5.56 Å². The summed E-state index contributed by atoms with van der Waals surface area (Å²) in [5, 5.41) is 10.4. The highest BCUT2D eigenvalue weighted by atomic mass is 35.5. The van der Waals surface area contributed by atoms with Crippen molar-refractivity contribution in [3.05, 3.63) is 40.7 Å². The van der Waals surface area contributed by atoms with Gasteiger partial charge in [-0.05, 0) is 23.8 Å². The van der Waals surface area contributed by atoms with Crippen LogP contribution in [0.25, 0.3) is 6.08 Å². The highest BCUT2D eigenvalue weighted by molar-refractivity contribution is 6.30. The second-order valence-corrected chi connectivity index (χ2v) is 4.22. The molecule has 0 spiro atoms. The first-order valence-electron chi connectivity index (χ1n) is 5.36. The lowest BCUT2D eigenvalue weighted by Gasteiger charge is -2.14. The molecule has 3 nitrogen and oxygen atoms in total. The third-order valence-electron chi connectivity index (χ3n) is 2.22. The first-order chi connectivity index (χ1) is 9.20. The number of aliphatic hydroxyl groups is 1. The van der Waals surface area contributed by atoms with Crippen LogP contribution in [-0.4, -0.2) is 29.8 Å². The smallest absolute Gasteiger partial charge is 0.382 e. The maximum atomic E-state index is 12.8. The molecule has 1 atom stereocenters. The summed E-state index contributed by atoms with van der Waals surface area (Å²) in [7, 11) is 0. The van der Waals surface area contributed by atoms with Crippen LogP contribution >= 0.6 is 11.6 Å². The van der Waals surface area contributed by atoms with E-state index in [1.54, 1.807) is 0 Å². The number of benzene rings is 1. The van der Waals surface area contributed by atoms with Gasteiger partial charge in [0, 0.05) is 6.08 Å². The van der Waals surface area contributed by atoms with E-state index in [0.717, 1.165) is 12.1 Å². The van der Waals surface area contributed by atoms with Gasteiger partial charge < -0.3 is 10.4 Å². The van der Waals surface area contributed by atoms with E-state index in [4.69, 9.17) is 16.7 Å². The van der Waals surface area contributed by atoms with Crippen LogP contribution in [0, 0.1) is 5.82 Å². The van der Waals surface area contributed by atoms with Crippen molar-refractivity contribution in [2.24, 2.45) is 0 Å². The Hall–Kier alpha value is -1.60. The van der Waals surface area contributed by atoms with Crippen molar-refractivity contribution >= 4 is 23.6 Å². The third-order valence-corrected chi connectivity index (χ3v) is 2.51. The first-order valence-corrected chi connectivity index (χ1v) is 5.73. The molecule has 0 saturated carbocycles. The summed E-state index contributed by atoms with van der Waals surface area (Å²) < 4.78 is 48.7. The maximum absolute atomic E-state index is 12.8. The van der Waals surface area contributed by atoms with Crippen molar-refractivity contribution in [1.29, 1.82) is 0 Å². The molecule has 0 aliphatic heterocycles. The van der Waals surface area contributed by atoms with Gasteiger partial charge in [0.05, 0.1) is 11.6 Å². The van der Waals surface area contributed by atoms with E-state index >= 15 is 0 Å². The van der Waals surface area contributed by atoms with Crippen molar-refractivity contribution in [3.8, 4) is 0 Å². The van der Waals surface area contributed by atoms with Gasteiger partial charge in [0.15, 0.2) is 6.10 Å². The molecule has 1 unspecified atom stereocenters. The van der Waals surface area contributed by atoms with Gasteiger partial charge in [0.25, 0.3) is 0 Å². The number of alkyl halides is 3. The van der Waals surface area contributed by atoms with Crippen LogP contribution in [0.2, 0.25) is 5.02 Å². The minimum absolute atomic E-state index is 0.139. The van der Waals surface area contributed by atoms with Crippen LogP contribution < -0.4 is 5.32 Å².